The molecule has 2 aromatic heterocycles. The molecule has 3 aromatic carbocycles. The van der Waals surface area contributed by atoms with E-state index in [0.717, 1.165) is 10.1 Å². The summed E-state index contributed by atoms with van der Waals surface area (Å²) < 4.78 is 46.9. The number of carbonyl (C=O) groups excluding carboxylic acids is 1. The number of nitrogens with one attached hydrogen (secondary N) is 2. The van der Waals surface area contributed by atoms with Crippen molar-refractivity contribution < 1.29 is 22.7 Å². The number of rotatable bonds is 11. The van der Waals surface area contributed by atoms with Crippen molar-refractivity contribution in [1.82, 2.24) is 23.7 Å². The van der Waals surface area contributed by atoms with E-state index in [1.807, 2.05) is 24.3 Å². The number of alkyl halides is 2. The third kappa shape index (κ3) is 6.92. The van der Waals surface area contributed by atoms with Gasteiger partial charge in [0.1, 0.15) is 11.6 Å². The lowest BCUT2D eigenvalue weighted by molar-refractivity contribution is -0.114. The number of benzene rings is 3. The molecule has 0 bridgehead atoms. The van der Waals surface area contributed by atoms with Crippen molar-refractivity contribution in [2.24, 2.45) is 0 Å². The highest BCUT2D eigenvalue weighted by atomic mass is 19.3. The van der Waals surface area contributed by atoms with E-state index < -0.39 is 23.8 Å². The molecule has 0 atom stereocenters. The molecule has 5 aromatic rings. The summed E-state index contributed by atoms with van der Waals surface area (Å²) in [7, 11) is 0. The minimum absolute atomic E-state index is 0.0243. The molecule has 0 radical (unpaired) electrons. The Morgan fingerprint density at radius 1 is 0.860 bits per heavy atom. The zero-order valence-electron chi connectivity index (χ0n) is 22.8. The maximum Gasteiger partial charge on any atom is 0.387 e. The van der Waals surface area contributed by atoms with E-state index in [4.69, 9.17) is 0 Å². The van der Waals surface area contributed by atoms with Gasteiger partial charge in [-0.1, -0.05) is 36.4 Å². The van der Waals surface area contributed by atoms with Gasteiger partial charge in [0.05, 0.1) is 24.1 Å². The first-order valence-electron chi connectivity index (χ1n) is 13.1. The highest BCUT2D eigenvalue weighted by molar-refractivity contribution is 5.89. The Balaban J connectivity index is 1.46. The van der Waals surface area contributed by atoms with Crippen LogP contribution in [0.1, 0.15) is 18.1 Å². The van der Waals surface area contributed by atoms with Crippen molar-refractivity contribution in [2.45, 2.75) is 33.2 Å². The van der Waals surface area contributed by atoms with Crippen molar-refractivity contribution in [3.63, 3.8) is 0 Å². The first kappa shape index (κ1) is 29.1. The average Bonchev–Trinajstić information content (AvgIpc) is 3.30. The van der Waals surface area contributed by atoms with Gasteiger partial charge in [0, 0.05) is 20.0 Å². The molecule has 0 saturated heterocycles. The molecule has 11 nitrogen and oxygen atoms in total. The number of aromatic nitrogens is 5. The van der Waals surface area contributed by atoms with Crippen molar-refractivity contribution in [1.29, 1.82) is 0 Å². The van der Waals surface area contributed by atoms with Gasteiger partial charge in [0.25, 0.3) is 0 Å². The number of halogens is 3. The van der Waals surface area contributed by atoms with Crippen LogP contribution in [0.15, 0.2) is 82.4 Å². The van der Waals surface area contributed by atoms with E-state index in [-0.39, 0.29) is 43.8 Å². The number of para-hydroxylation sites is 2. The normalized spacial score (nSPS) is 11.2. The van der Waals surface area contributed by atoms with Crippen LogP contribution in [0, 0.1) is 5.82 Å². The topological polar surface area (TPSA) is 125 Å². The Labute approximate surface area is 242 Å². The lowest BCUT2D eigenvalue weighted by Gasteiger charge is -2.17. The van der Waals surface area contributed by atoms with E-state index in [9.17, 15) is 27.6 Å². The van der Waals surface area contributed by atoms with Crippen molar-refractivity contribution in [2.75, 3.05) is 17.2 Å². The number of carbonyl (C=O) groups is 1. The Hall–Kier alpha value is -5.40. The highest BCUT2D eigenvalue weighted by Crippen LogP contribution is 2.20. The second-order valence-electron chi connectivity index (χ2n) is 9.51. The summed E-state index contributed by atoms with van der Waals surface area (Å²) in [5.74, 6) is -0.496. The zero-order chi connectivity index (χ0) is 30.5. The molecule has 0 aliphatic rings. The van der Waals surface area contributed by atoms with Gasteiger partial charge in [-0.15, -0.1) is 0 Å². The fourth-order valence-electron chi connectivity index (χ4n) is 4.51. The molecule has 0 saturated carbocycles. The number of hydrogen-bond donors (Lipinski definition) is 2. The Morgan fingerprint density at radius 3 is 2.19 bits per heavy atom. The molecule has 14 heteroatoms. The molecular weight excluding hydrogens is 567 g/mol. The summed E-state index contributed by atoms with van der Waals surface area (Å²) in [6.07, 6.45) is 0. The summed E-state index contributed by atoms with van der Waals surface area (Å²) >= 11 is 0. The molecule has 2 N–H and O–H groups in total. The van der Waals surface area contributed by atoms with Crippen LogP contribution < -0.4 is 26.7 Å². The minimum Gasteiger partial charge on any atom is -0.435 e. The van der Waals surface area contributed by atoms with E-state index in [0.29, 0.717) is 22.6 Å². The van der Waals surface area contributed by atoms with Gasteiger partial charge < -0.3 is 14.6 Å². The number of ether oxygens (including phenoxy) is 1. The molecule has 0 unspecified atom stereocenters. The fraction of sp³-hybridized carbons (Fsp3) is 0.207. The zero-order valence-corrected chi connectivity index (χ0v) is 22.8. The van der Waals surface area contributed by atoms with E-state index in [1.165, 1.54) is 60.0 Å². The molecule has 1 amide bonds. The largest absolute Gasteiger partial charge is 0.435 e. The van der Waals surface area contributed by atoms with Gasteiger partial charge in [-0.2, -0.15) is 13.8 Å². The Morgan fingerprint density at radius 2 is 1.51 bits per heavy atom. The van der Waals surface area contributed by atoms with Crippen molar-refractivity contribution in [3.8, 4) is 5.75 Å². The first-order chi connectivity index (χ1) is 20.7. The van der Waals surface area contributed by atoms with Crippen LogP contribution in [0.4, 0.5) is 25.1 Å². The number of hydrogen-bond acceptors (Lipinski definition) is 7. The summed E-state index contributed by atoms with van der Waals surface area (Å²) in [5.41, 5.74) is 0.991. The quantitative estimate of drug-likeness (QED) is 0.240. The van der Waals surface area contributed by atoms with Crippen LogP contribution in [0.25, 0.3) is 11.0 Å². The first-order valence-corrected chi connectivity index (χ1v) is 13.1. The molecule has 43 heavy (non-hydrogen) atoms. The van der Waals surface area contributed by atoms with Crippen LogP contribution in [0.3, 0.4) is 0 Å². The molecule has 5 rings (SSSR count). The maximum atomic E-state index is 13.6. The molecule has 0 fully saturated rings. The van der Waals surface area contributed by atoms with Crippen LogP contribution in [-0.2, 0) is 24.4 Å². The van der Waals surface area contributed by atoms with Gasteiger partial charge >= 0.3 is 18.0 Å². The fourth-order valence-corrected chi connectivity index (χ4v) is 4.51. The number of amides is 1. The van der Waals surface area contributed by atoms with Gasteiger partial charge in [-0.25, -0.2) is 23.5 Å². The van der Waals surface area contributed by atoms with Crippen LogP contribution in [0.2, 0.25) is 0 Å². The van der Waals surface area contributed by atoms with E-state index >= 15 is 0 Å². The predicted octanol–water partition coefficient (Wildman–Crippen LogP) is 3.66. The molecule has 0 aliphatic heterocycles. The lowest BCUT2D eigenvalue weighted by atomic mass is 10.2. The number of fused-ring (bicyclic) bond motifs is 1. The second kappa shape index (κ2) is 12.6. The predicted molar refractivity (Wildman–Crippen MR) is 153 cm³/mol. The van der Waals surface area contributed by atoms with Crippen LogP contribution >= 0.6 is 0 Å². The summed E-state index contributed by atoms with van der Waals surface area (Å²) in [6.45, 7) is -1.35. The second-order valence-corrected chi connectivity index (χ2v) is 9.51. The standard InChI is InChI=1S/C29H26F3N7O4/c1-18(40)34-27-35-23-4-2-3-5-24(23)37(27)15-14-33-26-36-28(41)39(17-19-6-10-21(30)11-7-19)29(42)38(26)16-20-8-12-22(13-9-20)43-25(31)32/h2-13,25H,14-17H2,1H3,(H,33,36,41)(H,34,35,40). The summed E-state index contributed by atoms with van der Waals surface area (Å²) in [4.78, 5) is 47.0. The SMILES string of the molecule is CC(=O)Nc1nc2ccccc2n1CCNc1nc(=O)n(Cc2ccc(F)cc2)c(=O)n1Cc1ccc(OC(F)F)cc1. The van der Waals surface area contributed by atoms with Crippen LogP contribution in [-0.4, -0.2) is 42.7 Å². The van der Waals surface area contributed by atoms with Gasteiger partial charge in [-0.3, -0.25) is 14.7 Å². The van der Waals surface area contributed by atoms with Gasteiger partial charge in [0.2, 0.25) is 17.8 Å². The number of anilines is 2. The summed E-state index contributed by atoms with van der Waals surface area (Å²) in [6, 6.07) is 18.4. The molecule has 222 valence electrons. The molecule has 0 aliphatic carbocycles. The van der Waals surface area contributed by atoms with Crippen molar-refractivity contribution in [3.05, 3.63) is 111 Å². The van der Waals surface area contributed by atoms with Crippen LogP contribution in [0.5, 0.6) is 5.75 Å². The minimum atomic E-state index is -2.98. The van der Waals surface area contributed by atoms with Crippen molar-refractivity contribution >= 4 is 28.8 Å². The van der Waals surface area contributed by atoms with Gasteiger partial charge in [-0.05, 0) is 47.5 Å². The smallest absolute Gasteiger partial charge is 0.387 e. The number of imidazole rings is 1. The Bertz CT molecular complexity index is 1870. The monoisotopic (exact) mass is 593 g/mol. The Kier molecular flexibility index (Phi) is 8.55. The third-order valence-electron chi connectivity index (χ3n) is 6.45. The molecule has 0 spiro atoms. The highest BCUT2D eigenvalue weighted by Gasteiger charge is 2.16. The number of nitrogens with zero attached hydrogens (tertiary/aromatic N) is 5. The maximum absolute atomic E-state index is 13.6. The molecular formula is C29H26F3N7O4. The third-order valence-corrected chi connectivity index (χ3v) is 6.45. The lowest BCUT2D eigenvalue weighted by Crippen LogP contribution is -2.43. The molecule has 2 heterocycles. The van der Waals surface area contributed by atoms with Gasteiger partial charge in [0.15, 0.2) is 0 Å². The average molecular weight is 594 g/mol. The summed E-state index contributed by atoms with van der Waals surface area (Å²) in [5, 5.41) is 5.74. The van der Waals surface area contributed by atoms with E-state index in [2.05, 4.69) is 25.3 Å². The van der Waals surface area contributed by atoms with E-state index in [1.54, 1.807) is 4.57 Å².